The summed E-state index contributed by atoms with van der Waals surface area (Å²) in [6.07, 6.45) is 3.26. The molecule has 5 rings (SSSR count). The largest absolute Gasteiger partial charge is 0.344 e. The Morgan fingerprint density at radius 3 is 2.44 bits per heavy atom. The maximum atomic E-state index is 13.3. The number of aromatic amines is 1. The number of aromatic nitrogens is 7. The minimum Gasteiger partial charge on any atom is -0.344 e. The van der Waals surface area contributed by atoms with Gasteiger partial charge in [-0.1, -0.05) is 6.07 Å². The molecule has 0 spiro atoms. The molecule has 0 bridgehead atoms. The van der Waals surface area contributed by atoms with E-state index in [0.717, 1.165) is 22.5 Å². The van der Waals surface area contributed by atoms with Gasteiger partial charge in [-0.05, 0) is 63.6 Å². The lowest BCUT2D eigenvalue weighted by molar-refractivity contribution is 0.0935. The molecule has 0 saturated heterocycles. The van der Waals surface area contributed by atoms with Crippen LogP contribution in [0.2, 0.25) is 0 Å². The number of rotatable bonds is 7. The van der Waals surface area contributed by atoms with E-state index in [9.17, 15) is 9.18 Å². The second-order valence-corrected chi connectivity index (χ2v) is 9.15. The van der Waals surface area contributed by atoms with Crippen LogP contribution in [0.15, 0.2) is 60.9 Å². The van der Waals surface area contributed by atoms with Crippen molar-refractivity contribution in [3.05, 3.63) is 95.2 Å². The molecular formula is C28H26FN9O. The molecule has 5 aromatic rings. The SMILES string of the molecule is Cc1cc(Nc2cc(C)[nH]n2)nc(-c2ccc(C(=O)NC(C)c3ccc(-c4ccc(F)nc4C)nc3)nc2)n1. The summed E-state index contributed by atoms with van der Waals surface area (Å²) in [6, 6.07) is 13.4. The highest BCUT2D eigenvalue weighted by atomic mass is 19.1. The smallest absolute Gasteiger partial charge is 0.270 e. The summed E-state index contributed by atoms with van der Waals surface area (Å²) in [4.78, 5) is 34.6. The monoisotopic (exact) mass is 523 g/mol. The Hall–Kier alpha value is -5.06. The number of aryl methyl sites for hydroxylation is 3. The number of hydrogen-bond acceptors (Lipinski definition) is 8. The van der Waals surface area contributed by atoms with Crippen LogP contribution < -0.4 is 10.6 Å². The Balaban J connectivity index is 1.26. The highest BCUT2D eigenvalue weighted by Gasteiger charge is 2.15. The quantitative estimate of drug-likeness (QED) is 0.253. The second kappa shape index (κ2) is 10.7. The first-order valence-corrected chi connectivity index (χ1v) is 12.3. The van der Waals surface area contributed by atoms with Gasteiger partial charge in [0.15, 0.2) is 11.6 Å². The topological polar surface area (TPSA) is 134 Å². The third-order valence-electron chi connectivity index (χ3n) is 6.03. The van der Waals surface area contributed by atoms with Gasteiger partial charge in [0.2, 0.25) is 5.95 Å². The van der Waals surface area contributed by atoms with Crippen LogP contribution in [-0.2, 0) is 0 Å². The molecule has 10 nitrogen and oxygen atoms in total. The van der Waals surface area contributed by atoms with Gasteiger partial charge < -0.3 is 10.6 Å². The number of H-pyrrole nitrogens is 1. The molecule has 0 saturated carbocycles. The second-order valence-electron chi connectivity index (χ2n) is 9.15. The number of carbonyl (C=O) groups is 1. The van der Waals surface area contributed by atoms with Crippen LogP contribution in [-0.4, -0.2) is 41.0 Å². The van der Waals surface area contributed by atoms with E-state index in [4.69, 9.17) is 0 Å². The fourth-order valence-electron chi connectivity index (χ4n) is 4.01. The molecule has 5 aromatic heterocycles. The van der Waals surface area contributed by atoms with Crippen LogP contribution in [0.25, 0.3) is 22.6 Å². The average Bonchev–Trinajstić information content (AvgIpc) is 3.32. The van der Waals surface area contributed by atoms with Gasteiger partial charge in [0.25, 0.3) is 5.91 Å². The highest BCUT2D eigenvalue weighted by molar-refractivity contribution is 5.92. The summed E-state index contributed by atoms with van der Waals surface area (Å²) in [5.41, 5.74) is 5.45. The van der Waals surface area contributed by atoms with Gasteiger partial charge in [0.1, 0.15) is 11.5 Å². The number of nitrogens with one attached hydrogen (secondary N) is 3. The fraction of sp³-hybridized carbons (Fsp3) is 0.179. The van der Waals surface area contributed by atoms with Crippen molar-refractivity contribution < 1.29 is 9.18 Å². The molecule has 196 valence electrons. The van der Waals surface area contributed by atoms with Gasteiger partial charge in [-0.25, -0.2) is 15.0 Å². The normalized spacial score (nSPS) is 11.7. The van der Waals surface area contributed by atoms with Crippen LogP contribution in [0.5, 0.6) is 0 Å². The molecule has 11 heteroatoms. The molecule has 0 aliphatic carbocycles. The number of halogens is 1. The number of nitrogens with zero attached hydrogens (tertiary/aromatic N) is 6. The highest BCUT2D eigenvalue weighted by Crippen LogP contribution is 2.23. The maximum absolute atomic E-state index is 13.3. The zero-order valence-corrected chi connectivity index (χ0v) is 21.8. The molecule has 0 aliphatic rings. The Kier molecular flexibility index (Phi) is 7.04. The summed E-state index contributed by atoms with van der Waals surface area (Å²) in [5.74, 6) is 0.890. The van der Waals surface area contributed by atoms with Crippen LogP contribution >= 0.6 is 0 Å². The Labute approximate surface area is 224 Å². The summed E-state index contributed by atoms with van der Waals surface area (Å²) in [6.45, 7) is 7.39. The van der Waals surface area contributed by atoms with E-state index >= 15 is 0 Å². The van der Waals surface area contributed by atoms with Crippen molar-refractivity contribution in [1.29, 1.82) is 0 Å². The van der Waals surface area contributed by atoms with E-state index < -0.39 is 5.95 Å². The third-order valence-corrected chi connectivity index (χ3v) is 6.03. The van der Waals surface area contributed by atoms with E-state index in [2.05, 4.69) is 45.8 Å². The van der Waals surface area contributed by atoms with E-state index in [1.807, 2.05) is 45.0 Å². The van der Waals surface area contributed by atoms with Crippen LogP contribution in [0, 0.1) is 26.7 Å². The summed E-state index contributed by atoms with van der Waals surface area (Å²) in [5, 5.41) is 13.2. The summed E-state index contributed by atoms with van der Waals surface area (Å²) >= 11 is 0. The number of pyridine rings is 3. The first kappa shape index (κ1) is 25.6. The predicted octanol–water partition coefficient (Wildman–Crippen LogP) is 5.02. The number of anilines is 2. The lowest BCUT2D eigenvalue weighted by atomic mass is 10.1. The number of carbonyl (C=O) groups excluding carboxylic acids is 1. The molecule has 1 unspecified atom stereocenters. The predicted molar refractivity (Wildman–Crippen MR) is 145 cm³/mol. The Morgan fingerprint density at radius 2 is 1.77 bits per heavy atom. The van der Waals surface area contributed by atoms with Crippen LogP contribution in [0.4, 0.5) is 16.0 Å². The molecule has 5 heterocycles. The van der Waals surface area contributed by atoms with Crippen molar-refractivity contribution in [3.8, 4) is 22.6 Å². The van der Waals surface area contributed by atoms with Gasteiger partial charge in [-0.15, -0.1) is 0 Å². The molecule has 0 fully saturated rings. The lowest BCUT2D eigenvalue weighted by Crippen LogP contribution is -2.27. The zero-order chi connectivity index (χ0) is 27.5. The van der Waals surface area contributed by atoms with Crippen molar-refractivity contribution in [2.24, 2.45) is 0 Å². The maximum Gasteiger partial charge on any atom is 0.270 e. The lowest BCUT2D eigenvalue weighted by Gasteiger charge is -2.14. The fourth-order valence-corrected chi connectivity index (χ4v) is 4.01. The molecule has 3 N–H and O–H groups in total. The standard InChI is InChI=1S/C28H26FN9O/c1-15-11-25(35-26-12-16(2)37-38-26)36-27(32-15)20-6-9-23(31-14-20)28(39)34-17(3)19-5-8-22(30-13-19)21-7-10-24(29)33-18(21)4/h5-14,17H,1-4H3,(H,34,39)(H2,32,35,36,37,38). The van der Waals surface area contributed by atoms with Crippen molar-refractivity contribution in [1.82, 2.24) is 40.4 Å². The van der Waals surface area contributed by atoms with Crippen LogP contribution in [0.3, 0.4) is 0 Å². The van der Waals surface area contributed by atoms with Crippen molar-refractivity contribution in [2.45, 2.75) is 33.7 Å². The summed E-state index contributed by atoms with van der Waals surface area (Å²) in [7, 11) is 0. The van der Waals surface area contributed by atoms with Gasteiger partial charge in [0.05, 0.1) is 11.7 Å². The van der Waals surface area contributed by atoms with E-state index in [-0.39, 0.29) is 17.6 Å². The Bertz CT molecular complexity index is 1630. The molecular weight excluding hydrogens is 497 g/mol. The van der Waals surface area contributed by atoms with Crippen molar-refractivity contribution >= 4 is 17.5 Å². The average molecular weight is 524 g/mol. The van der Waals surface area contributed by atoms with E-state index in [1.54, 1.807) is 37.5 Å². The summed E-state index contributed by atoms with van der Waals surface area (Å²) < 4.78 is 13.3. The molecule has 1 atom stereocenters. The van der Waals surface area contributed by atoms with Crippen molar-refractivity contribution in [3.63, 3.8) is 0 Å². The molecule has 1 amide bonds. The molecule has 0 aromatic carbocycles. The minimum atomic E-state index is -0.528. The van der Waals surface area contributed by atoms with E-state index in [0.29, 0.717) is 34.4 Å². The van der Waals surface area contributed by atoms with Gasteiger partial charge in [-0.2, -0.15) is 9.49 Å². The van der Waals surface area contributed by atoms with Crippen LogP contribution in [0.1, 0.15) is 46.1 Å². The first-order chi connectivity index (χ1) is 18.7. The molecule has 39 heavy (non-hydrogen) atoms. The van der Waals surface area contributed by atoms with Gasteiger partial charge in [0, 0.05) is 52.7 Å². The van der Waals surface area contributed by atoms with E-state index in [1.165, 1.54) is 6.07 Å². The third kappa shape index (κ3) is 5.93. The molecule has 0 radical (unpaired) electrons. The van der Waals surface area contributed by atoms with Gasteiger partial charge in [-0.3, -0.25) is 19.9 Å². The minimum absolute atomic E-state index is 0.265. The number of hydrogen-bond donors (Lipinski definition) is 3. The van der Waals surface area contributed by atoms with Crippen molar-refractivity contribution in [2.75, 3.05) is 5.32 Å². The number of amides is 1. The first-order valence-electron chi connectivity index (χ1n) is 12.3. The Morgan fingerprint density at radius 1 is 0.923 bits per heavy atom. The van der Waals surface area contributed by atoms with Gasteiger partial charge >= 0.3 is 0 Å². The zero-order valence-electron chi connectivity index (χ0n) is 21.8. The molecule has 0 aliphatic heterocycles.